The molecule has 0 spiro atoms. The Labute approximate surface area is 81.7 Å². The lowest BCUT2D eigenvalue weighted by atomic mass is 10.3. The molecule has 0 aliphatic rings. The number of carbonyl (C=O) groups is 3. The predicted octanol–water partition coefficient (Wildman–Crippen LogP) is 0.238. The van der Waals surface area contributed by atoms with Crippen molar-refractivity contribution in [3.8, 4) is 0 Å². The van der Waals surface area contributed by atoms with Crippen molar-refractivity contribution in [3.63, 3.8) is 0 Å². The van der Waals surface area contributed by atoms with Crippen molar-refractivity contribution in [2.45, 2.75) is 13.3 Å². The van der Waals surface area contributed by atoms with E-state index in [1.54, 1.807) is 6.92 Å². The SMILES string of the molecule is C=CC(=O)OCCOC(=O)C(=O)CC. The summed E-state index contributed by atoms with van der Waals surface area (Å²) in [6.07, 6.45) is 1.10. The minimum Gasteiger partial charge on any atom is -0.459 e. The summed E-state index contributed by atoms with van der Waals surface area (Å²) in [4.78, 5) is 32.0. The normalized spacial score (nSPS) is 8.93. The molecule has 0 aromatic carbocycles. The Morgan fingerprint density at radius 2 is 1.79 bits per heavy atom. The van der Waals surface area contributed by atoms with Crippen molar-refractivity contribution in [1.82, 2.24) is 0 Å². The summed E-state index contributed by atoms with van der Waals surface area (Å²) in [5.41, 5.74) is 0. The second-order valence-corrected chi connectivity index (χ2v) is 2.28. The zero-order chi connectivity index (χ0) is 11.0. The van der Waals surface area contributed by atoms with Crippen LogP contribution in [0.5, 0.6) is 0 Å². The molecule has 0 bridgehead atoms. The summed E-state index contributed by atoms with van der Waals surface area (Å²) < 4.78 is 9.00. The first kappa shape index (κ1) is 12.3. The highest BCUT2D eigenvalue weighted by Gasteiger charge is 2.11. The van der Waals surface area contributed by atoms with E-state index in [1.807, 2.05) is 0 Å². The largest absolute Gasteiger partial charge is 0.459 e. The Bertz CT molecular complexity index is 244. The Balaban J connectivity index is 3.55. The van der Waals surface area contributed by atoms with Gasteiger partial charge in [0.05, 0.1) is 0 Å². The van der Waals surface area contributed by atoms with Gasteiger partial charge in [-0.15, -0.1) is 0 Å². The van der Waals surface area contributed by atoms with Crippen molar-refractivity contribution < 1.29 is 23.9 Å². The van der Waals surface area contributed by atoms with E-state index in [0.29, 0.717) is 0 Å². The highest BCUT2D eigenvalue weighted by molar-refractivity contribution is 6.33. The lowest BCUT2D eigenvalue weighted by Gasteiger charge is -2.02. The maximum Gasteiger partial charge on any atom is 0.374 e. The number of ketones is 1. The van der Waals surface area contributed by atoms with Gasteiger partial charge < -0.3 is 9.47 Å². The van der Waals surface area contributed by atoms with Crippen LogP contribution in [0.1, 0.15) is 13.3 Å². The second-order valence-electron chi connectivity index (χ2n) is 2.28. The summed E-state index contributed by atoms with van der Waals surface area (Å²) in [7, 11) is 0. The third kappa shape index (κ3) is 5.08. The van der Waals surface area contributed by atoms with Gasteiger partial charge in [0, 0.05) is 12.5 Å². The fourth-order valence-corrected chi connectivity index (χ4v) is 0.560. The molecule has 0 saturated heterocycles. The molecule has 5 heteroatoms. The average molecular weight is 200 g/mol. The molecular weight excluding hydrogens is 188 g/mol. The number of hydrogen-bond acceptors (Lipinski definition) is 5. The van der Waals surface area contributed by atoms with E-state index in [4.69, 9.17) is 0 Å². The molecule has 0 aliphatic carbocycles. The smallest absolute Gasteiger partial charge is 0.374 e. The lowest BCUT2D eigenvalue weighted by molar-refractivity contribution is -0.156. The number of hydrogen-bond donors (Lipinski definition) is 0. The van der Waals surface area contributed by atoms with Crippen LogP contribution >= 0.6 is 0 Å². The second kappa shape index (κ2) is 6.82. The molecule has 0 unspecified atom stereocenters. The van der Waals surface area contributed by atoms with Gasteiger partial charge in [-0.25, -0.2) is 9.59 Å². The van der Waals surface area contributed by atoms with Crippen LogP contribution in [0.25, 0.3) is 0 Å². The lowest BCUT2D eigenvalue weighted by Crippen LogP contribution is -2.19. The van der Waals surface area contributed by atoms with Gasteiger partial charge in [-0.05, 0) is 0 Å². The van der Waals surface area contributed by atoms with E-state index in [-0.39, 0.29) is 19.6 Å². The van der Waals surface area contributed by atoms with Gasteiger partial charge in [-0.1, -0.05) is 13.5 Å². The van der Waals surface area contributed by atoms with Crippen LogP contribution in [0.4, 0.5) is 0 Å². The molecule has 0 aromatic heterocycles. The van der Waals surface area contributed by atoms with E-state index >= 15 is 0 Å². The van der Waals surface area contributed by atoms with E-state index in [9.17, 15) is 14.4 Å². The summed E-state index contributed by atoms with van der Waals surface area (Å²) in [5.74, 6) is -2.09. The van der Waals surface area contributed by atoms with E-state index in [0.717, 1.165) is 6.08 Å². The molecule has 0 atom stereocenters. The summed E-state index contributed by atoms with van der Waals surface area (Å²) in [5, 5.41) is 0. The number of ether oxygens (including phenoxy) is 2. The van der Waals surface area contributed by atoms with Crippen LogP contribution in [0.15, 0.2) is 12.7 Å². The fourth-order valence-electron chi connectivity index (χ4n) is 0.560. The van der Waals surface area contributed by atoms with Gasteiger partial charge >= 0.3 is 11.9 Å². The standard InChI is InChI=1S/C9H12O5/c1-3-7(10)9(12)14-6-5-13-8(11)4-2/h4H,2-3,5-6H2,1H3. The van der Waals surface area contributed by atoms with Crippen LogP contribution in [0.3, 0.4) is 0 Å². The molecule has 0 saturated carbocycles. The van der Waals surface area contributed by atoms with Crippen LogP contribution in [-0.2, 0) is 23.9 Å². The first-order chi connectivity index (χ1) is 6.61. The van der Waals surface area contributed by atoms with Crippen LogP contribution in [0.2, 0.25) is 0 Å². The molecule has 5 nitrogen and oxygen atoms in total. The minimum absolute atomic E-state index is 0.0758. The highest BCUT2D eigenvalue weighted by atomic mass is 16.6. The third-order valence-corrected chi connectivity index (χ3v) is 1.28. The van der Waals surface area contributed by atoms with Gasteiger partial charge in [0.2, 0.25) is 5.78 Å². The maximum atomic E-state index is 10.8. The zero-order valence-corrected chi connectivity index (χ0v) is 7.95. The number of esters is 2. The third-order valence-electron chi connectivity index (χ3n) is 1.28. The highest BCUT2D eigenvalue weighted by Crippen LogP contribution is 1.87. The molecule has 0 heterocycles. The average Bonchev–Trinajstić information content (AvgIpc) is 2.22. The molecular formula is C9H12O5. The van der Waals surface area contributed by atoms with Crippen LogP contribution < -0.4 is 0 Å². The minimum atomic E-state index is -0.901. The first-order valence-electron chi connectivity index (χ1n) is 4.11. The van der Waals surface area contributed by atoms with Gasteiger partial charge in [0.25, 0.3) is 0 Å². The topological polar surface area (TPSA) is 69.7 Å². The Hall–Kier alpha value is -1.65. The summed E-state index contributed by atoms with van der Waals surface area (Å²) in [6, 6.07) is 0. The number of Topliss-reactive ketones (excluding diaryl/α,β-unsaturated/α-hetero) is 1. The fraction of sp³-hybridized carbons (Fsp3) is 0.444. The summed E-state index contributed by atoms with van der Waals surface area (Å²) >= 11 is 0. The molecule has 0 amide bonds. The number of carbonyl (C=O) groups excluding carboxylic acids is 3. The summed E-state index contributed by atoms with van der Waals surface area (Å²) in [6.45, 7) is 4.54. The Morgan fingerprint density at radius 1 is 1.21 bits per heavy atom. The molecule has 0 fully saturated rings. The van der Waals surface area contributed by atoms with E-state index in [2.05, 4.69) is 16.1 Å². The van der Waals surface area contributed by atoms with Crippen molar-refractivity contribution >= 4 is 17.7 Å². The number of rotatable bonds is 6. The molecule has 0 radical (unpaired) electrons. The molecule has 0 N–H and O–H groups in total. The Morgan fingerprint density at radius 3 is 2.29 bits per heavy atom. The Kier molecular flexibility index (Phi) is 6.02. The van der Waals surface area contributed by atoms with Crippen LogP contribution in [-0.4, -0.2) is 30.9 Å². The molecule has 78 valence electrons. The van der Waals surface area contributed by atoms with E-state index < -0.39 is 17.7 Å². The van der Waals surface area contributed by atoms with Crippen molar-refractivity contribution in [2.24, 2.45) is 0 Å². The molecule has 0 aromatic rings. The zero-order valence-electron chi connectivity index (χ0n) is 7.95. The molecule has 0 aliphatic heterocycles. The molecule has 14 heavy (non-hydrogen) atoms. The van der Waals surface area contributed by atoms with Gasteiger partial charge in [0.1, 0.15) is 13.2 Å². The van der Waals surface area contributed by atoms with Crippen molar-refractivity contribution in [2.75, 3.05) is 13.2 Å². The van der Waals surface area contributed by atoms with Crippen molar-refractivity contribution in [3.05, 3.63) is 12.7 Å². The van der Waals surface area contributed by atoms with Gasteiger partial charge in [0.15, 0.2) is 0 Å². The monoisotopic (exact) mass is 200 g/mol. The van der Waals surface area contributed by atoms with Gasteiger partial charge in [-0.2, -0.15) is 0 Å². The predicted molar refractivity (Wildman–Crippen MR) is 47.4 cm³/mol. The quantitative estimate of drug-likeness (QED) is 0.266. The van der Waals surface area contributed by atoms with Crippen molar-refractivity contribution in [1.29, 1.82) is 0 Å². The maximum absolute atomic E-state index is 10.8. The van der Waals surface area contributed by atoms with Gasteiger partial charge in [-0.3, -0.25) is 4.79 Å². The van der Waals surface area contributed by atoms with Crippen LogP contribution in [0, 0.1) is 0 Å². The molecule has 0 rings (SSSR count). The first-order valence-corrected chi connectivity index (χ1v) is 4.11. The van der Waals surface area contributed by atoms with E-state index in [1.165, 1.54) is 0 Å².